The number of phenolic OH excluding ortho intramolecular Hbond substituents is 1. The second-order valence-corrected chi connectivity index (χ2v) is 6.67. The van der Waals surface area contributed by atoms with Crippen LogP contribution in [0, 0.1) is 18.3 Å². The molecular formula is C18H14Br2N2O3. The zero-order valence-electron chi connectivity index (χ0n) is 13.4. The molecule has 0 aliphatic heterocycles. The number of ether oxygens (including phenoxy) is 1. The van der Waals surface area contributed by atoms with Gasteiger partial charge < -0.3 is 15.2 Å². The van der Waals surface area contributed by atoms with Crippen LogP contribution in [0.1, 0.15) is 11.1 Å². The van der Waals surface area contributed by atoms with Crippen molar-refractivity contribution in [2.24, 2.45) is 0 Å². The summed E-state index contributed by atoms with van der Waals surface area (Å²) in [6.45, 7) is 1.86. The molecule has 0 aliphatic carbocycles. The van der Waals surface area contributed by atoms with Crippen LogP contribution in [0.4, 0.5) is 5.69 Å². The minimum Gasteiger partial charge on any atom is -0.503 e. The summed E-state index contributed by atoms with van der Waals surface area (Å²) in [5.74, 6) is -0.376. The van der Waals surface area contributed by atoms with Gasteiger partial charge >= 0.3 is 0 Å². The number of phenols is 1. The maximum atomic E-state index is 12.4. The fraction of sp³-hybridized carbons (Fsp3) is 0.111. The van der Waals surface area contributed by atoms with Gasteiger partial charge in [0.25, 0.3) is 5.91 Å². The third kappa shape index (κ3) is 4.21. The molecule has 0 saturated carbocycles. The fourth-order valence-corrected chi connectivity index (χ4v) is 2.92. The second-order valence-electron chi connectivity index (χ2n) is 5.08. The van der Waals surface area contributed by atoms with Gasteiger partial charge in [-0.2, -0.15) is 5.26 Å². The molecule has 0 aromatic heterocycles. The molecule has 0 bridgehead atoms. The highest BCUT2D eigenvalue weighted by atomic mass is 79.9. The van der Waals surface area contributed by atoms with Crippen molar-refractivity contribution in [2.45, 2.75) is 6.92 Å². The maximum Gasteiger partial charge on any atom is 0.266 e. The van der Waals surface area contributed by atoms with Crippen LogP contribution < -0.4 is 10.1 Å². The van der Waals surface area contributed by atoms with E-state index >= 15 is 0 Å². The topological polar surface area (TPSA) is 82.3 Å². The van der Waals surface area contributed by atoms with Crippen molar-refractivity contribution >= 4 is 49.5 Å². The lowest BCUT2D eigenvalue weighted by Gasteiger charge is -2.11. The van der Waals surface area contributed by atoms with Gasteiger partial charge in [0.15, 0.2) is 11.5 Å². The van der Waals surface area contributed by atoms with Crippen molar-refractivity contribution in [3.05, 3.63) is 56.0 Å². The van der Waals surface area contributed by atoms with Gasteiger partial charge in [0.05, 0.1) is 11.6 Å². The molecule has 0 unspecified atom stereocenters. The Hall–Kier alpha value is -2.30. The molecule has 0 fully saturated rings. The molecule has 5 nitrogen and oxygen atoms in total. The van der Waals surface area contributed by atoms with E-state index in [1.807, 2.05) is 25.1 Å². The highest BCUT2D eigenvalue weighted by molar-refractivity contribution is 9.13. The fourth-order valence-electron chi connectivity index (χ4n) is 2.08. The van der Waals surface area contributed by atoms with Crippen molar-refractivity contribution in [1.29, 1.82) is 5.26 Å². The highest BCUT2D eigenvalue weighted by Gasteiger charge is 2.16. The third-order valence-electron chi connectivity index (χ3n) is 3.45. The summed E-state index contributed by atoms with van der Waals surface area (Å²) in [4.78, 5) is 12.4. The number of hydrogen-bond donors (Lipinski definition) is 2. The first kappa shape index (κ1) is 19.0. The predicted octanol–water partition coefficient (Wildman–Crippen LogP) is 4.78. The molecule has 1 amide bonds. The van der Waals surface area contributed by atoms with Gasteiger partial charge in [-0.05, 0) is 68.1 Å². The SMILES string of the molecule is COc1cc(/C=C(/C#N)C(=O)Nc2ccccc2C)c(Br)c(Br)c1O. The average molecular weight is 466 g/mol. The number of amides is 1. The number of methoxy groups -OCH3 is 1. The first-order chi connectivity index (χ1) is 11.9. The van der Waals surface area contributed by atoms with Crippen LogP contribution in [0.2, 0.25) is 0 Å². The molecule has 2 rings (SSSR count). The average Bonchev–Trinajstić information content (AvgIpc) is 2.61. The molecule has 7 heteroatoms. The van der Waals surface area contributed by atoms with Gasteiger partial charge in [0, 0.05) is 10.2 Å². The Morgan fingerprint density at radius 1 is 1.32 bits per heavy atom. The van der Waals surface area contributed by atoms with Gasteiger partial charge in [0.1, 0.15) is 11.6 Å². The maximum absolute atomic E-state index is 12.4. The van der Waals surface area contributed by atoms with Crippen LogP contribution in [-0.4, -0.2) is 18.1 Å². The van der Waals surface area contributed by atoms with Crippen LogP contribution in [0.5, 0.6) is 11.5 Å². The number of nitriles is 1. The predicted molar refractivity (Wildman–Crippen MR) is 103 cm³/mol. The lowest BCUT2D eigenvalue weighted by Crippen LogP contribution is -2.14. The lowest BCUT2D eigenvalue weighted by molar-refractivity contribution is -0.112. The molecule has 0 aliphatic rings. The molecule has 2 aromatic rings. The Labute approximate surface area is 162 Å². The smallest absolute Gasteiger partial charge is 0.266 e. The van der Waals surface area contributed by atoms with E-state index in [1.54, 1.807) is 12.1 Å². The Morgan fingerprint density at radius 3 is 2.60 bits per heavy atom. The zero-order chi connectivity index (χ0) is 18.6. The number of nitrogens with one attached hydrogen (secondary N) is 1. The summed E-state index contributed by atoms with van der Waals surface area (Å²) < 4.78 is 5.97. The van der Waals surface area contributed by atoms with Crippen molar-refractivity contribution in [3.63, 3.8) is 0 Å². The van der Waals surface area contributed by atoms with Crippen molar-refractivity contribution in [3.8, 4) is 17.6 Å². The molecule has 0 saturated heterocycles. The number of anilines is 1. The molecule has 0 heterocycles. The van der Waals surface area contributed by atoms with Gasteiger partial charge in [0.2, 0.25) is 0 Å². The largest absolute Gasteiger partial charge is 0.503 e. The Balaban J connectivity index is 2.41. The second kappa shape index (κ2) is 8.19. The zero-order valence-corrected chi connectivity index (χ0v) is 16.6. The lowest BCUT2D eigenvalue weighted by atomic mass is 10.1. The van der Waals surface area contributed by atoms with Crippen LogP contribution in [0.15, 0.2) is 44.9 Å². The van der Waals surface area contributed by atoms with Crippen LogP contribution >= 0.6 is 31.9 Å². The molecule has 128 valence electrons. The summed E-state index contributed by atoms with van der Waals surface area (Å²) in [5, 5.41) is 22.0. The number of carbonyl (C=O) groups is 1. The minimum absolute atomic E-state index is 0.0746. The van der Waals surface area contributed by atoms with E-state index in [2.05, 4.69) is 37.2 Å². The highest BCUT2D eigenvalue weighted by Crippen LogP contribution is 2.42. The number of aryl methyl sites for hydroxylation is 1. The van der Waals surface area contributed by atoms with Crippen molar-refractivity contribution in [2.75, 3.05) is 12.4 Å². The Morgan fingerprint density at radius 2 is 2.00 bits per heavy atom. The van der Waals surface area contributed by atoms with Crippen LogP contribution in [-0.2, 0) is 4.79 Å². The molecule has 2 N–H and O–H groups in total. The third-order valence-corrected chi connectivity index (χ3v) is 5.61. The molecular weight excluding hydrogens is 452 g/mol. The van der Waals surface area contributed by atoms with Gasteiger partial charge in [-0.1, -0.05) is 18.2 Å². The van der Waals surface area contributed by atoms with Gasteiger partial charge in [-0.25, -0.2) is 0 Å². The van der Waals surface area contributed by atoms with Crippen molar-refractivity contribution < 1.29 is 14.6 Å². The van der Waals surface area contributed by atoms with Gasteiger partial charge in [-0.3, -0.25) is 4.79 Å². The Bertz CT molecular complexity index is 902. The minimum atomic E-state index is -0.521. The number of carbonyl (C=O) groups excluding carboxylic acids is 1. The Kier molecular flexibility index (Phi) is 6.23. The molecule has 0 spiro atoms. The number of nitrogens with zero attached hydrogens (tertiary/aromatic N) is 1. The monoisotopic (exact) mass is 464 g/mol. The summed E-state index contributed by atoms with van der Waals surface area (Å²) in [7, 11) is 1.42. The number of aromatic hydroxyl groups is 1. The standard InChI is InChI=1S/C18H14Br2N2O3/c1-10-5-3-4-6-13(10)22-18(24)12(9-21)7-11-8-14(25-2)17(23)16(20)15(11)19/h3-8,23H,1-2H3,(H,22,24)/b12-7-. The van der Waals surface area contributed by atoms with Crippen LogP contribution in [0.3, 0.4) is 0 Å². The van der Waals surface area contributed by atoms with E-state index in [-0.39, 0.29) is 17.1 Å². The summed E-state index contributed by atoms with van der Waals surface area (Å²) in [6.07, 6.45) is 1.42. The number of benzene rings is 2. The van der Waals surface area contributed by atoms with Gasteiger partial charge in [-0.15, -0.1) is 0 Å². The first-order valence-electron chi connectivity index (χ1n) is 7.12. The molecule has 0 radical (unpaired) electrons. The van der Waals surface area contributed by atoms with E-state index in [0.29, 0.717) is 20.2 Å². The summed E-state index contributed by atoms with van der Waals surface area (Å²) in [5.41, 5.74) is 1.96. The summed E-state index contributed by atoms with van der Waals surface area (Å²) >= 11 is 6.58. The summed E-state index contributed by atoms with van der Waals surface area (Å²) in [6, 6.07) is 10.7. The van der Waals surface area contributed by atoms with Crippen LogP contribution in [0.25, 0.3) is 6.08 Å². The number of halogens is 2. The molecule has 2 aromatic carbocycles. The quantitative estimate of drug-likeness (QED) is 0.502. The number of hydrogen-bond acceptors (Lipinski definition) is 4. The van der Waals surface area contributed by atoms with E-state index in [1.165, 1.54) is 19.3 Å². The molecule has 0 atom stereocenters. The van der Waals surface area contributed by atoms with E-state index in [4.69, 9.17) is 4.74 Å². The van der Waals surface area contributed by atoms with Crippen molar-refractivity contribution in [1.82, 2.24) is 0 Å². The van der Waals surface area contributed by atoms with E-state index in [9.17, 15) is 15.2 Å². The van der Waals surface area contributed by atoms with E-state index in [0.717, 1.165) is 5.56 Å². The number of para-hydroxylation sites is 1. The normalized spacial score (nSPS) is 10.9. The number of rotatable bonds is 4. The first-order valence-corrected chi connectivity index (χ1v) is 8.71. The van der Waals surface area contributed by atoms with E-state index < -0.39 is 5.91 Å². The molecule has 25 heavy (non-hydrogen) atoms.